The van der Waals surface area contributed by atoms with Gasteiger partial charge in [0.25, 0.3) is 0 Å². The van der Waals surface area contributed by atoms with E-state index in [4.69, 9.17) is 16.3 Å². The fraction of sp³-hybridized carbons (Fsp3) is 0.500. The number of ether oxygens (including phenoxy) is 1. The molecular weight excluding hydrogens is 250 g/mol. The molecule has 1 aromatic rings. The maximum Gasteiger partial charge on any atom is 0.412 e. The molecule has 0 atom stereocenters. The van der Waals surface area contributed by atoms with Crippen LogP contribution < -0.4 is 10.1 Å². The summed E-state index contributed by atoms with van der Waals surface area (Å²) < 4.78 is 5.29. The average Bonchev–Trinajstić information content (AvgIpc) is 2.34. The van der Waals surface area contributed by atoms with Crippen LogP contribution in [0.1, 0.15) is 37.7 Å². The van der Waals surface area contributed by atoms with E-state index in [-0.39, 0.29) is 12.1 Å². The number of benzene rings is 1. The lowest BCUT2D eigenvalue weighted by Gasteiger charge is -2.22. The molecule has 98 valence electrons. The molecule has 4 heteroatoms. The summed E-state index contributed by atoms with van der Waals surface area (Å²) in [5.74, 6) is 0.563. The zero-order valence-corrected chi connectivity index (χ0v) is 11.3. The Labute approximate surface area is 112 Å². The topological polar surface area (TPSA) is 38.3 Å². The summed E-state index contributed by atoms with van der Waals surface area (Å²) in [6.07, 6.45) is 5.37. The van der Waals surface area contributed by atoms with E-state index in [1.54, 1.807) is 18.2 Å². The maximum atomic E-state index is 11.8. The standard InChI is InChI=1S/C14H18ClNO2/c1-10-9-11(15)7-8-13(10)18-14(17)16-12-5-3-2-4-6-12/h7-9,12H,2-6H2,1H3,(H,16,17). The van der Waals surface area contributed by atoms with Crippen molar-refractivity contribution in [3.8, 4) is 5.75 Å². The zero-order valence-electron chi connectivity index (χ0n) is 10.5. The Morgan fingerprint density at radius 1 is 1.33 bits per heavy atom. The molecule has 1 N–H and O–H groups in total. The number of rotatable bonds is 2. The van der Waals surface area contributed by atoms with E-state index in [2.05, 4.69) is 5.32 Å². The first kappa shape index (κ1) is 13.2. The van der Waals surface area contributed by atoms with Gasteiger partial charge < -0.3 is 10.1 Å². The van der Waals surface area contributed by atoms with Gasteiger partial charge in [0.05, 0.1) is 0 Å². The minimum atomic E-state index is -0.368. The van der Waals surface area contributed by atoms with Crippen molar-refractivity contribution in [3.05, 3.63) is 28.8 Å². The van der Waals surface area contributed by atoms with Crippen LogP contribution in [0.5, 0.6) is 5.75 Å². The Morgan fingerprint density at radius 2 is 2.06 bits per heavy atom. The van der Waals surface area contributed by atoms with Crippen LogP contribution in [0.25, 0.3) is 0 Å². The fourth-order valence-corrected chi connectivity index (χ4v) is 2.50. The fourth-order valence-electron chi connectivity index (χ4n) is 2.27. The predicted molar refractivity (Wildman–Crippen MR) is 72.2 cm³/mol. The van der Waals surface area contributed by atoms with Gasteiger partial charge in [-0.2, -0.15) is 0 Å². The summed E-state index contributed by atoms with van der Waals surface area (Å²) in [5, 5.41) is 3.56. The molecule has 0 aliphatic heterocycles. The van der Waals surface area contributed by atoms with Crippen molar-refractivity contribution in [1.82, 2.24) is 5.32 Å². The molecule has 1 amide bonds. The number of halogens is 1. The van der Waals surface area contributed by atoms with Crippen LogP contribution in [0.15, 0.2) is 18.2 Å². The van der Waals surface area contributed by atoms with Gasteiger partial charge in [-0.25, -0.2) is 4.79 Å². The second kappa shape index (κ2) is 6.10. The van der Waals surface area contributed by atoms with Gasteiger partial charge >= 0.3 is 6.09 Å². The summed E-state index contributed by atoms with van der Waals surface area (Å²) >= 11 is 5.85. The lowest BCUT2D eigenvalue weighted by Crippen LogP contribution is -2.38. The monoisotopic (exact) mass is 267 g/mol. The quantitative estimate of drug-likeness (QED) is 0.877. The molecule has 2 rings (SSSR count). The van der Waals surface area contributed by atoms with E-state index in [0.29, 0.717) is 10.8 Å². The molecule has 0 spiro atoms. The maximum absolute atomic E-state index is 11.8. The number of carbonyl (C=O) groups excluding carboxylic acids is 1. The van der Waals surface area contributed by atoms with Crippen molar-refractivity contribution >= 4 is 17.7 Å². The van der Waals surface area contributed by atoms with Crippen LogP contribution in [-0.2, 0) is 0 Å². The van der Waals surface area contributed by atoms with Crippen molar-refractivity contribution in [2.24, 2.45) is 0 Å². The van der Waals surface area contributed by atoms with Crippen LogP contribution in [0.4, 0.5) is 4.79 Å². The van der Waals surface area contributed by atoms with Gasteiger partial charge in [0.2, 0.25) is 0 Å². The third kappa shape index (κ3) is 3.64. The van der Waals surface area contributed by atoms with E-state index in [0.717, 1.165) is 18.4 Å². The Kier molecular flexibility index (Phi) is 4.48. The molecule has 1 aromatic carbocycles. The van der Waals surface area contributed by atoms with Gasteiger partial charge in [-0.1, -0.05) is 30.9 Å². The second-order valence-electron chi connectivity index (χ2n) is 4.78. The highest BCUT2D eigenvalue weighted by Crippen LogP contribution is 2.22. The summed E-state index contributed by atoms with van der Waals surface area (Å²) in [5.41, 5.74) is 0.862. The van der Waals surface area contributed by atoms with Crippen molar-refractivity contribution in [3.63, 3.8) is 0 Å². The molecule has 0 aromatic heterocycles. The van der Waals surface area contributed by atoms with Crippen molar-refractivity contribution in [2.75, 3.05) is 0 Å². The van der Waals surface area contributed by atoms with Crippen molar-refractivity contribution in [2.45, 2.75) is 45.1 Å². The van der Waals surface area contributed by atoms with Gasteiger partial charge in [-0.15, -0.1) is 0 Å². The van der Waals surface area contributed by atoms with E-state index >= 15 is 0 Å². The average molecular weight is 268 g/mol. The minimum Gasteiger partial charge on any atom is -0.410 e. The van der Waals surface area contributed by atoms with E-state index < -0.39 is 0 Å². The number of amides is 1. The van der Waals surface area contributed by atoms with Gasteiger partial charge in [-0.3, -0.25) is 0 Å². The third-order valence-electron chi connectivity index (χ3n) is 3.27. The molecule has 3 nitrogen and oxygen atoms in total. The van der Waals surface area contributed by atoms with E-state index in [1.807, 2.05) is 6.92 Å². The molecule has 0 saturated heterocycles. The van der Waals surface area contributed by atoms with Crippen LogP contribution in [0.2, 0.25) is 5.02 Å². The van der Waals surface area contributed by atoms with Crippen LogP contribution in [0, 0.1) is 6.92 Å². The lowest BCUT2D eigenvalue weighted by atomic mass is 9.96. The first-order chi connectivity index (χ1) is 8.65. The highest BCUT2D eigenvalue weighted by atomic mass is 35.5. The molecule has 0 bridgehead atoms. The highest BCUT2D eigenvalue weighted by molar-refractivity contribution is 6.30. The first-order valence-electron chi connectivity index (χ1n) is 6.39. The van der Waals surface area contributed by atoms with Gasteiger partial charge in [-0.05, 0) is 43.5 Å². The Bertz CT molecular complexity index is 428. The summed E-state index contributed by atoms with van der Waals surface area (Å²) in [6.45, 7) is 1.87. The molecule has 1 fully saturated rings. The molecule has 1 aliphatic carbocycles. The minimum absolute atomic E-state index is 0.263. The number of hydrogen-bond acceptors (Lipinski definition) is 2. The van der Waals surface area contributed by atoms with Gasteiger partial charge in [0, 0.05) is 11.1 Å². The molecule has 1 saturated carbocycles. The van der Waals surface area contributed by atoms with E-state index in [9.17, 15) is 4.79 Å². The first-order valence-corrected chi connectivity index (χ1v) is 6.77. The summed E-state index contributed by atoms with van der Waals surface area (Å²) in [6, 6.07) is 5.49. The highest BCUT2D eigenvalue weighted by Gasteiger charge is 2.17. The Hall–Kier alpha value is -1.22. The Morgan fingerprint density at radius 3 is 2.72 bits per heavy atom. The van der Waals surface area contributed by atoms with E-state index in [1.165, 1.54) is 19.3 Å². The van der Waals surface area contributed by atoms with Crippen molar-refractivity contribution in [1.29, 1.82) is 0 Å². The predicted octanol–water partition coefficient (Wildman–Crippen LogP) is 4.07. The van der Waals surface area contributed by atoms with Gasteiger partial charge in [0.1, 0.15) is 5.75 Å². The third-order valence-corrected chi connectivity index (χ3v) is 3.50. The Balaban J connectivity index is 1.90. The SMILES string of the molecule is Cc1cc(Cl)ccc1OC(=O)NC1CCCCC1. The number of nitrogens with one attached hydrogen (secondary N) is 1. The molecule has 1 aliphatic rings. The zero-order chi connectivity index (χ0) is 13.0. The normalized spacial score (nSPS) is 16.3. The molecule has 0 radical (unpaired) electrons. The number of hydrogen-bond donors (Lipinski definition) is 1. The smallest absolute Gasteiger partial charge is 0.410 e. The lowest BCUT2D eigenvalue weighted by molar-refractivity contribution is 0.191. The largest absolute Gasteiger partial charge is 0.412 e. The summed E-state index contributed by atoms with van der Waals surface area (Å²) in [4.78, 5) is 11.8. The van der Waals surface area contributed by atoms with Crippen LogP contribution >= 0.6 is 11.6 Å². The van der Waals surface area contributed by atoms with Crippen LogP contribution in [0.3, 0.4) is 0 Å². The molecule has 18 heavy (non-hydrogen) atoms. The van der Waals surface area contributed by atoms with Crippen molar-refractivity contribution < 1.29 is 9.53 Å². The van der Waals surface area contributed by atoms with Gasteiger partial charge in [0.15, 0.2) is 0 Å². The molecule has 0 heterocycles. The number of carbonyl (C=O) groups is 1. The number of aryl methyl sites for hydroxylation is 1. The summed E-state index contributed by atoms with van der Waals surface area (Å²) in [7, 11) is 0. The second-order valence-corrected chi connectivity index (χ2v) is 5.22. The van der Waals surface area contributed by atoms with Crippen LogP contribution in [-0.4, -0.2) is 12.1 Å². The molecular formula is C14H18ClNO2. The molecule has 0 unspecified atom stereocenters.